The third-order valence-electron chi connectivity index (χ3n) is 4.22. The second-order valence-corrected chi connectivity index (χ2v) is 5.66. The summed E-state index contributed by atoms with van der Waals surface area (Å²) in [5.74, 6) is 1.80. The van der Waals surface area contributed by atoms with Gasteiger partial charge < -0.3 is 14.2 Å². The molecule has 1 aromatic rings. The molecule has 2 heterocycles. The smallest absolute Gasteiger partial charge is 0.409 e. The van der Waals surface area contributed by atoms with Crippen LogP contribution in [-0.4, -0.2) is 40.8 Å². The maximum absolute atomic E-state index is 11.7. The quantitative estimate of drug-likeness (QED) is 0.819. The topological polar surface area (TPSA) is 68.5 Å². The van der Waals surface area contributed by atoms with Crippen LogP contribution in [0.3, 0.4) is 0 Å². The van der Waals surface area contributed by atoms with Gasteiger partial charge in [-0.05, 0) is 38.5 Å². The molecule has 0 radical (unpaired) electrons. The Bertz CT molecular complexity index is 479. The Morgan fingerprint density at radius 3 is 3.00 bits per heavy atom. The van der Waals surface area contributed by atoms with Gasteiger partial charge in [0.2, 0.25) is 5.89 Å². The molecule has 0 atom stereocenters. The Labute approximate surface area is 112 Å². The fraction of sp³-hybridized carbons (Fsp3) is 0.769. The molecule has 0 unspecified atom stereocenters. The van der Waals surface area contributed by atoms with Crippen molar-refractivity contribution >= 4 is 6.09 Å². The van der Waals surface area contributed by atoms with Crippen LogP contribution in [0.2, 0.25) is 0 Å². The molecule has 1 amide bonds. The number of hydrogen-bond donors (Lipinski definition) is 0. The van der Waals surface area contributed by atoms with Crippen molar-refractivity contribution < 1.29 is 14.1 Å². The first-order valence-electron chi connectivity index (χ1n) is 6.84. The number of aryl methyl sites for hydroxylation is 1. The first kappa shape index (κ1) is 12.4. The van der Waals surface area contributed by atoms with E-state index in [1.54, 1.807) is 0 Å². The zero-order valence-corrected chi connectivity index (χ0v) is 11.4. The molecule has 1 saturated heterocycles. The minimum absolute atomic E-state index is 0.184. The van der Waals surface area contributed by atoms with Crippen molar-refractivity contribution in [3.63, 3.8) is 0 Å². The van der Waals surface area contributed by atoms with Crippen LogP contribution in [0.15, 0.2) is 4.52 Å². The Morgan fingerprint density at radius 2 is 2.37 bits per heavy atom. The van der Waals surface area contributed by atoms with Gasteiger partial charge in [0.25, 0.3) is 0 Å². The number of hydrogen-bond acceptors (Lipinski definition) is 5. The number of carbonyl (C=O) groups is 1. The lowest BCUT2D eigenvalue weighted by molar-refractivity contribution is 0.0765. The molecule has 6 heteroatoms. The maximum atomic E-state index is 11.7. The Kier molecular flexibility index (Phi) is 2.95. The molecular formula is C13H19N3O3. The second kappa shape index (κ2) is 4.51. The lowest BCUT2D eigenvalue weighted by atomic mass is 9.61. The molecule has 1 spiro atoms. The fourth-order valence-corrected chi connectivity index (χ4v) is 3.28. The van der Waals surface area contributed by atoms with Gasteiger partial charge in [-0.25, -0.2) is 4.79 Å². The van der Waals surface area contributed by atoms with Crippen molar-refractivity contribution in [3.05, 3.63) is 11.7 Å². The third kappa shape index (κ3) is 2.19. The molecule has 1 aliphatic carbocycles. The molecule has 104 valence electrons. The molecule has 2 aliphatic rings. The highest BCUT2D eigenvalue weighted by molar-refractivity contribution is 5.68. The minimum Gasteiger partial charge on any atom is -0.450 e. The number of aromatic nitrogens is 2. The van der Waals surface area contributed by atoms with Crippen LogP contribution >= 0.6 is 0 Å². The number of rotatable bonds is 2. The summed E-state index contributed by atoms with van der Waals surface area (Å²) in [6.07, 6.45) is 2.93. The molecule has 19 heavy (non-hydrogen) atoms. The Hall–Kier alpha value is -1.59. The number of nitrogens with zero attached hydrogens (tertiary/aromatic N) is 3. The monoisotopic (exact) mass is 265 g/mol. The highest BCUT2D eigenvalue weighted by atomic mass is 16.6. The van der Waals surface area contributed by atoms with Gasteiger partial charge in [0.15, 0.2) is 5.82 Å². The van der Waals surface area contributed by atoms with Gasteiger partial charge in [-0.2, -0.15) is 4.98 Å². The van der Waals surface area contributed by atoms with E-state index in [0.717, 1.165) is 38.2 Å². The van der Waals surface area contributed by atoms with E-state index in [2.05, 4.69) is 10.1 Å². The molecule has 0 bridgehead atoms. The summed E-state index contributed by atoms with van der Waals surface area (Å²) in [7, 11) is 0. The molecular weight excluding hydrogens is 246 g/mol. The highest BCUT2D eigenvalue weighted by Gasteiger charge is 2.51. The van der Waals surface area contributed by atoms with Crippen molar-refractivity contribution in [2.24, 2.45) is 5.41 Å². The van der Waals surface area contributed by atoms with E-state index in [-0.39, 0.29) is 11.5 Å². The zero-order valence-electron chi connectivity index (χ0n) is 11.4. The average molecular weight is 265 g/mol. The van der Waals surface area contributed by atoms with Gasteiger partial charge in [-0.3, -0.25) is 0 Å². The molecule has 2 fully saturated rings. The van der Waals surface area contributed by atoms with E-state index in [0.29, 0.717) is 18.3 Å². The summed E-state index contributed by atoms with van der Waals surface area (Å²) in [4.78, 5) is 17.8. The van der Waals surface area contributed by atoms with Crippen LogP contribution in [0.25, 0.3) is 0 Å². The number of amides is 1. The van der Waals surface area contributed by atoms with E-state index >= 15 is 0 Å². The predicted molar refractivity (Wildman–Crippen MR) is 66.7 cm³/mol. The summed E-state index contributed by atoms with van der Waals surface area (Å²) < 4.78 is 10.3. The SMILES string of the molecule is CCOC(=O)N1CCC2(CC(c3nc(C)no3)C2)C1. The summed E-state index contributed by atoms with van der Waals surface area (Å²) in [6, 6.07) is 0. The Balaban J connectivity index is 1.57. The van der Waals surface area contributed by atoms with Gasteiger partial charge in [0, 0.05) is 19.0 Å². The van der Waals surface area contributed by atoms with Crippen LogP contribution in [0.1, 0.15) is 43.8 Å². The van der Waals surface area contributed by atoms with E-state index in [1.165, 1.54) is 0 Å². The Morgan fingerprint density at radius 1 is 1.58 bits per heavy atom. The van der Waals surface area contributed by atoms with Crippen LogP contribution in [0.5, 0.6) is 0 Å². The van der Waals surface area contributed by atoms with Gasteiger partial charge in [-0.1, -0.05) is 5.16 Å². The summed E-state index contributed by atoms with van der Waals surface area (Å²) >= 11 is 0. The second-order valence-electron chi connectivity index (χ2n) is 5.66. The van der Waals surface area contributed by atoms with Crippen molar-refractivity contribution in [1.29, 1.82) is 0 Å². The van der Waals surface area contributed by atoms with Crippen LogP contribution in [-0.2, 0) is 4.74 Å². The van der Waals surface area contributed by atoms with Crippen molar-refractivity contribution in [2.75, 3.05) is 19.7 Å². The molecule has 6 nitrogen and oxygen atoms in total. The van der Waals surface area contributed by atoms with E-state index in [1.807, 2.05) is 18.7 Å². The predicted octanol–water partition coefficient (Wildman–Crippen LogP) is 2.10. The van der Waals surface area contributed by atoms with E-state index < -0.39 is 0 Å². The number of ether oxygens (including phenoxy) is 1. The van der Waals surface area contributed by atoms with Crippen LogP contribution in [0.4, 0.5) is 4.79 Å². The fourth-order valence-electron chi connectivity index (χ4n) is 3.28. The molecule has 1 aliphatic heterocycles. The van der Waals surface area contributed by atoms with Crippen LogP contribution in [0, 0.1) is 12.3 Å². The summed E-state index contributed by atoms with van der Waals surface area (Å²) in [5.41, 5.74) is 0.250. The number of likely N-dealkylation sites (tertiary alicyclic amines) is 1. The normalized spacial score (nSPS) is 29.6. The van der Waals surface area contributed by atoms with Crippen molar-refractivity contribution in [1.82, 2.24) is 15.0 Å². The lowest BCUT2D eigenvalue weighted by Crippen LogP contribution is -2.40. The standard InChI is InChI=1S/C13H19N3O3/c1-3-18-12(17)16-5-4-13(8-16)6-10(7-13)11-14-9(2)15-19-11/h10H,3-8H2,1-2H3. The molecule has 1 aromatic heterocycles. The summed E-state index contributed by atoms with van der Waals surface area (Å²) in [5, 5.41) is 3.83. The first-order valence-corrected chi connectivity index (χ1v) is 6.84. The highest BCUT2D eigenvalue weighted by Crippen LogP contribution is 2.55. The van der Waals surface area contributed by atoms with Gasteiger partial charge in [0.05, 0.1) is 6.61 Å². The molecule has 0 N–H and O–H groups in total. The maximum Gasteiger partial charge on any atom is 0.409 e. The van der Waals surface area contributed by atoms with E-state index in [4.69, 9.17) is 9.26 Å². The largest absolute Gasteiger partial charge is 0.450 e. The van der Waals surface area contributed by atoms with Gasteiger partial charge >= 0.3 is 6.09 Å². The first-order chi connectivity index (χ1) is 9.12. The van der Waals surface area contributed by atoms with Crippen molar-refractivity contribution in [2.45, 2.75) is 39.0 Å². The minimum atomic E-state index is -0.184. The van der Waals surface area contributed by atoms with Crippen LogP contribution < -0.4 is 0 Å². The average Bonchev–Trinajstić information content (AvgIpc) is 2.93. The zero-order chi connectivity index (χ0) is 13.5. The molecule has 3 rings (SSSR count). The van der Waals surface area contributed by atoms with Gasteiger partial charge in [0.1, 0.15) is 0 Å². The van der Waals surface area contributed by atoms with Crippen molar-refractivity contribution in [3.8, 4) is 0 Å². The van der Waals surface area contributed by atoms with E-state index in [9.17, 15) is 4.79 Å². The molecule has 0 aromatic carbocycles. The summed E-state index contributed by atoms with van der Waals surface area (Å²) in [6.45, 7) is 5.70. The lowest BCUT2D eigenvalue weighted by Gasteiger charge is -2.43. The molecule has 1 saturated carbocycles. The van der Waals surface area contributed by atoms with Gasteiger partial charge in [-0.15, -0.1) is 0 Å². The third-order valence-corrected chi connectivity index (χ3v) is 4.22. The number of carbonyl (C=O) groups excluding carboxylic acids is 1.